The van der Waals surface area contributed by atoms with Crippen LogP contribution in [0.5, 0.6) is 0 Å². The highest BCUT2D eigenvalue weighted by atomic mass is 35.5. The Labute approximate surface area is 153 Å². The molecule has 0 amide bonds. The molecule has 1 unspecified atom stereocenters. The Morgan fingerprint density at radius 2 is 1.59 bits per heavy atom. The number of piperazine rings is 1. The molecule has 0 saturated carbocycles. The van der Waals surface area contributed by atoms with Gasteiger partial charge in [0.1, 0.15) is 0 Å². The summed E-state index contributed by atoms with van der Waals surface area (Å²) < 4.78 is 0. The molecule has 0 spiro atoms. The summed E-state index contributed by atoms with van der Waals surface area (Å²) in [7, 11) is 2.25. The highest BCUT2D eigenvalue weighted by molar-refractivity contribution is 5.86. The highest BCUT2D eigenvalue weighted by Gasteiger charge is 2.32. The summed E-state index contributed by atoms with van der Waals surface area (Å²) in [5.74, 6) is 0. The van der Waals surface area contributed by atoms with E-state index in [2.05, 4.69) is 52.5 Å². The molecule has 2 fully saturated rings. The Balaban J connectivity index is 0.00000147. The summed E-state index contributed by atoms with van der Waals surface area (Å²) in [5, 5.41) is 3.48. The van der Waals surface area contributed by atoms with Crippen molar-refractivity contribution in [1.82, 2.24) is 15.1 Å². The Kier molecular flexibility index (Phi) is 10.7. The molecule has 0 aromatic heterocycles. The SMILES string of the molecule is CN1CCN(C2CCNCC2)C(c2ccccc2)C1.Cl.Cl.Cl. The summed E-state index contributed by atoms with van der Waals surface area (Å²) in [6.07, 6.45) is 2.60. The molecule has 3 rings (SSSR count). The number of rotatable bonds is 2. The largest absolute Gasteiger partial charge is 0.317 e. The highest BCUT2D eigenvalue weighted by Crippen LogP contribution is 2.29. The van der Waals surface area contributed by atoms with Gasteiger partial charge in [0.2, 0.25) is 0 Å². The van der Waals surface area contributed by atoms with Crippen molar-refractivity contribution < 1.29 is 0 Å². The first-order chi connectivity index (χ1) is 9.34. The van der Waals surface area contributed by atoms with Gasteiger partial charge < -0.3 is 10.2 Å². The first kappa shape index (κ1) is 22.0. The second kappa shape index (κ2) is 10.7. The van der Waals surface area contributed by atoms with Crippen molar-refractivity contribution in [3.8, 4) is 0 Å². The smallest absolute Gasteiger partial charge is 0.0478 e. The van der Waals surface area contributed by atoms with Gasteiger partial charge >= 0.3 is 0 Å². The van der Waals surface area contributed by atoms with E-state index in [0.717, 1.165) is 12.6 Å². The molecule has 3 nitrogen and oxygen atoms in total. The number of piperidine rings is 1. The van der Waals surface area contributed by atoms with Crippen LogP contribution < -0.4 is 5.32 Å². The molecule has 2 aliphatic rings. The Hall–Kier alpha value is -0.0300. The fourth-order valence-corrected chi connectivity index (χ4v) is 3.48. The van der Waals surface area contributed by atoms with Crippen LogP contribution in [0.25, 0.3) is 0 Å². The van der Waals surface area contributed by atoms with E-state index in [1.807, 2.05) is 0 Å². The molecule has 2 heterocycles. The lowest BCUT2D eigenvalue weighted by Crippen LogP contribution is -2.53. The van der Waals surface area contributed by atoms with E-state index < -0.39 is 0 Å². The zero-order valence-electron chi connectivity index (χ0n) is 13.1. The molecule has 1 aromatic rings. The maximum atomic E-state index is 3.48. The first-order valence-corrected chi connectivity index (χ1v) is 7.54. The third-order valence-electron chi connectivity index (χ3n) is 4.59. The molecule has 1 aromatic carbocycles. The molecule has 2 saturated heterocycles. The standard InChI is InChI=1S/C16H25N3.3ClH/c1-18-11-12-19(15-7-9-17-10-8-15)16(13-18)14-5-3-2-4-6-14;;;/h2-6,15-17H,7-13H2,1H3;3*1H. The molecule has 0 radical (unpaired) electrons. The van der Waals surface area contributed by atoms with Gasteiger partial charge in [-0.25, -0.2) is 0 Å². The fourth-order valence-electron chi connectivity index (χ4n) is 3.48. The summed E-state index contributed by atoms with van der Waals surface area (Å²) >= 11 is 0. The minimum atomic E-state index is 0. The minimum absolute atomic E-state index is 0. The average molecular weight is 369 g/mol. The normalized spacial score (nSPS) is 23.8. The Bertz CT molecular complexity index is 399. The molecule has 1 atom stereocenters. The van der Waals surface area contributed by atoms with Gasteiger partial charge in [-0.1, -0.05) is 30.3 Å². The molecule has 2 aliphatic heterocycles. The van der Waals surface area contributed by atoms with Crippen LogP contribution in [0.2, 0.25) is 0 Å². The van der Waals surface area contributed by atoms with Gasteiger partial charge in [-0.05, 0) is 38.5 Å². The van der Waals surface area contributed by atoms with Crippen molar-refractivity contribution in [3.63, 3.8) is 0 Å². The quantitative estimate of drug-likeness (QED) is 0.866. The number of nitrogens with zero attached hydrogens (tertiary/aromatic N) is 2. The van der Waals surface area contributed by atoms with Crippen molar-refractivity contribution in [2.45, 2.75) is 24.9 Å². The zero-order chi connectivity index (χ0) is 13.1. The number of hydrogen-bond donors (Lipinski definition) is 1. The number of likely N-dealkylation sites (N-methyl/N-ethyl adjacent to an activating group) is 1. The predicted molar refractivity (Wildman–Crippen MR) is 101 cm³/mol. The van der Waals surface area contributed by atoms with Crippen LogP contribution in [0, 0.1) is 0 Å². The number of halogens is 3. The molecule has 128 valence electrons. The number of hydrogen-bond acceptors (Lipinski definition) is 3. The van der Waals surface area contributed by atoms with Gasteiger partial charge in [0, 0.05) is 31.7 Å². The van der Waals surface area contributed by atoms with E-state index in [0.29, 0.717) is 6.04 Å². The lowest BCUT2D eigenvalue weighted by Gasteiger charge is -2.45. The van der Waals surface area contributed by atoms with Crippen molar-refractivity contribution in [2.75, 3.05) is 39.8 Å². The molecular formula is C16H28Cl3N3. The number of benzene rings is 1. The van der Waals surface area contributed by atoms with Crippen LogP contribution >= 0.6 is 37.2 Å². The topological polar surface area (TPSA) is 18.5 Å². The lowest BCUT2D eigenvalue weighted by atomic mass is 9.96. The molecule has 1 N–H and O–H groups in total. The van der Waals surface area contributed by atoms with Crippen molar-refractivity contribution in [1.29, 1.82) is 0 Å². The fraction of sp³-hybridized carbons (Fsp3) is 0.625. The molecule has 22 heavy (non-hydrogen) atoms. The van der Waals surface area contributed by atoms with Gasteiger partial charge in [0.15, 0.2) is 0 Å². The molecule has 0 bridgehead atoms. The van der Waals surface area contributed by atoms with Gasteiger partial charge in [0.05, 0.1) is 0 Å². The number of nitrogens with one attached hydrogen (secondary N) is 1. The second-order valence-electron chi connectivity index (χ2n) is 5.91. The summed E-state index contributed by atoms with van der Waals surface area (Å²) in [6, 6.07) is 12.4. The maximum Gasteiger partial charge on any atom is 0.0478 e. The van der Waals surface area contributed by atoms with Gasteiger partial charge in [0.25, 0.3) is 0 Å². The van der Waals surface area contributed by atoms with E-state index in [1.54, 1.807) is 0 Å². The van der Waals surface area contributed by atoms with Crippen LogP contribution in [0.4, 0.5) is 0 Å². The van der Waals surface area contributed by atoms with Gasteiger partial charge in [-0.3, -0.25) is 4.90 Å². The third-order valence-corrected chi connectivity index (χ3v) is 4.59. The zero-order valence-corrected chi connectivity index (χ0v) is 15.6. The minimum Gasteiger partial charge on any atom is -0.317 e. The van der Waals surface area contributed by atoms with Crippen molar-refractivity contribution in [2.24, 2.45) is 0 Å². The van der Waals surface area contributed by atoms with Crippen LogP contribution in [0.1, 0.15) is 24.4 Å². The Morgan fingerprint density at radius 3 is 2.23 bits per heavy atom. The van der Waals surface area contributed by atoms with E-state index in [1.165, 1.54) is 44.6 Å². The van der Waals surface area contributed by atoms with Crippen LogP contribution in [0.3, 0.4) is 0 Å². The van der Waals surface area contributed by atoms with Gasteiger partial charge in [-0.2, -0.15) is 0 Å². The average Bonchev–Trinajstić information content (AvgIpc) is 2.49. The summed E-state index contributed by atoms with van der Waals surface area (Å²) in [6.45, 7) is 5.93. The molecule has 6 heteroatoms. The maximum absolute atomic E-state index is 3.48. The summed E-state index contributed by atoms with van der Waals surface area (Å²) in [4.78, 5) is 5.23. The van der Waals surface area contributed by atoms with E-state index in [4.69, 9.17) is 0 Å². The summed E-state index contributed by atoms with van der Waals surface area (Å²) in [5.41, 5.74) is 1.48. The van der Waals surface area contributed by atoms with Crippen LogP contribution in [0.15, 0.2) is 30.3 Å². The predicted octanol–water partition coefficient (Wildman–Crippen LogP) is 2.99. The molecular weight excluding hydrogens is 341 g/mol. The first-order valence-electron chi connectivity index (χ1n) is 7.54. The molecule has 0 aliphatic carbocycles. The van der Waals surface area contributed by atoms with E-state index in [-0.39, 0.29) is 37.2 Å². The van der Waals surface area contributed by atoms with Gasteiger partial charge in [-0.15, -0.1) is 37.2 Å². The van der Waals surface area contributed by atoms with E-state index in [9.17, 15) is 0 Å². The van der Waals surface area contributed by atoms with Crippen LogP contribution in [-0.4, -0.2) is 55.6 Å². The van der Waals surface area contributed by atoms with E-state index >= 15 is 0 Å². The third kappa shape index (κ3) is 5.26. The van der Waals surface area contributed by atoms with Crippen molar-refractivity contribution >= 4 is 37.2 Å². The second-order valence-corrected chi connectivity index (χ2v) is 5.91. The van der Waals surface area contributed by atoms with Crippen LogP contribution in [-0.2, 0) is 0 Å². The lowest BCUT2D eigenvalue weighted by molar-refractivity contribution is 0.0391. The van der Waals surface area contributed by atoms with Crippen molar-refractivity contribution in [3.05, 3.63) is 35.9 Å². The monoisotopic (exact) mass is 367 g/mol. The Morgan fingerprint density at radius 1 is 0.955 bits per heavy atom.